The minimum atomic E-state index is -0.519. The zero-order chi connectivity index (χ0) is 7.78. The highest BCUT2D eigenvalue weighted by Gasteiger charge is 2.39. The van der Waals surface area contributed by atoms with Gasteiger partial charge in [-0.3, -0.25) is 4.79 Å². The van der Waals surface area contributed by atoms with E-state index in [1.165, 1.54) is 0 Å². The van der Waals surface area contributed by atoms with E-state index in [4.69, 9.17) is 6.42 Å². The van der Waals surface area contributed by atoms with E-state index in [-0.39, 0.29) is 5.91 Å². The Hall–Kier alpha value is -0.970. The standard InChI is InChI=1S/C8H11NO/c1-4-8(2)5-6-9(3)7(8)10/h1H,5-6H2,2-3H3/t8-/m1/s1. The van der Waals surface area contributed by atoms with Crippen molar-refractivity contribution in [3.63, 3.8) is 0 Å². The molecule has 1 aliphatic rings. The van der Waals surface area contributed by atoms with Crippen molar-refractivity contribution in [2.24, 2.45) is 5.41 Å². The summed E-state index contributed by atoms with van der Waals surface area (Å²) in [6.45, 7) is 2.61. The van der Waals surface area contributed by atoms with Crippen LogP contribution < -0.4 is 0 Å². The molecule has 1 fully saturated rings. The fourth-order valence-electron chi connectivity index (χ4n) is 1.15. The first-order valence-corrected chi connectivity index (χ1v) is 3.33. The van der Waals surface area contributed by atoms with Gasteiger partial charge in [-0.05, 0) is 13.3 Å². The topological polar surface area (TPSA) is 20.3 Å². The maximum Gasteiger partial charge on any atom is 0.240 e. The summed E-state index contributed by atoms with van der Waals surface area (Å²) in [5.41, 5.74) is -0.519. The molecule has 54 valence electrons. The van der Waals surface area contributed by atoms with Crippen LogP contribution in [0, 0.1) is 17.8 Å². The van der Waals surface area contributed by atoms with Crippen LogP contribution in [-0.2, 0) is 4.79 Å². The quantitative estimate of drug-likeness (QED) is 0.445. The second-order valence-electron chi connectivity index (χ2n) is 2.95. The molecule has 0 aromatic heterocycles. The third-order valence-electron chi connectivity index (χ3n) is 2.08. The average molecular weight is 137 g/mol. The van der Waals surface area contributed by atoms with Crippen LogP contribution >= 0.6 is 0 Å². The first kappa shape index (κ1) is 7.14. The second-order valence-corrected chi connectivity index (χ2v) is 2.95. The molecule has 0 N–H and O–H groups in total. The normalized spacial score (nSPS) is 32.5. The summed E-state index contributed by atoms with van der Waals surface area (Å²) in [6.07, 6.45) is 6.01. The van der Waals surface area contributed by atoms with Crippen molar-refractivity contribution < 1.29 is 4.79 Å². The number of rotatable bonds is 0. The molecule has 0 radical (unpaired) electrons. The molecular formula is C8H11NO. The van der Waals surface area contributed by atoms with E-state index in [2.05, 4.69) is 5.92 Å². The fourth-order valence-corrected chi connectivity index (χ4v) is 1.15. The SMILES string of the molecule is C#C[C@]1(C)CCN(C)C1=O. The van der Waals surface area contributed by atoms with Crippen molar-refractivity contribution >= 4 is 5.91 Å². The minimum absolute atomic E-state index is 0.0787. The molecule has 1 aliphatic heterocycles. The Morgan fingerprint density at radius 3 is 2.60 bits per heavy atom. The maximum absolute atomic E-state index is 11.2. The first-order valence-electron chi connectivity index (χ1n) is 3.33. The van der Waals surface area contributed by atoms with E-state index in [0.29, 0.717) is 0 Å². The first-order chi connectivity index (χ1) is 4.60. The molecule has 0 bridgehead atoms. The molecule has 1 rings (SSSR count). The monoisotopic (exact) mass is 137 g/mol. The van der Waals surface area contributed by atoms with Gasteiger partial charge in [-0.25, -0.2) is 0 Å². The van der Waals surface area contributed by atoms with E-state index < -0.39 is 5.41 Å². The highest BCUT2D eigenvalue weighted by atomic mass is 16.2. The van der Waals surface area contributed by atoms with Crippen molar-refractivity contribution in [1.82, 2.24) is 4.90 Å². The molecule has 2 nitrogen and oxygen atoms in total. The van der Waals surface area contributed by atoms with Gasteiger partial charge in [0.25, 0.3) is 0 Å². The molecular weight excluding hydrogens is 126 g/mol. The predicted octanol–water partition coefficient (Wildman–Crippen LogP) is 0.488. The van der Waals surface area contributed by atoms with Crippen molar-refractivity contribution in [1.29, 1.82) is 0 Å². The van der Waals surface area contributed by atoms with Gasteiger partial charge in [-0.1, -0.05) is 5.92 Å². The molecule has 0 unspecified atom stereocenters. The van der Waals surface area contributed by atoms with Crippen molar-refractivity contribution in [3.8, 4) is 12.3 Å². The van der Waals surface area contributed by atoms with Crippen molar-refractivity contribution in [2.75, 3.05) is 13.6 Å². The van der Waals surface area contributed by atoms with Crippen LogP contribution in [0.3, 0.4) is 0 Å². The van der Waals surface area contributed by atoms with Gasteiger partial charge in [0.2, 0.25) is 5.91 Å². The molecule has 0 saturated carbocycles. The number of nitrogens with zero attached hydrogens (tertiary/aromatic N) is 1. The molecule has 1 saturated heterocycles. The second kappa shape index (κ2) is 2.02. The highest BCUT2D eigenvalue weighted by Crippen LogP contribution is 2.28. The summed E-state index contributed by atoms with van der Waals surface area (Å²) in [6, 6.07) is 0. The Morgan fingerprint density at radius 1 is 1.80 bits per heavy atom. The third-order valence-corrected chi connectivity index (χ3v) is 2.08. The Bertz CT molecular complexity index is 204. The molecule has 0 aromatic rings. The van der Waals surface area contributed by atoms with E-state index in [1.54, 1.807) is 11.9 Å². The molecule has 1 heterocycles. The number of carbonyl (C=O) groups excluding carboxylic acids is 1. The summed E-state index contributed by atoms with van der Waals surface area (Å²) in [4.78, 5) is 12.9. The Labute approximate surface area is 61.2 Å². The van der Waals surface area contributed by atoms with Crippen molar-refractivity contribution in [2.45, 2.75) is 13.3 Å². The highest BCUT2D eigenvalue weighted by molar-refractivity contribution is 5.87. The van der Waals surface area contributed by atoms with Gasteiger partial charge < -0.3 is 4.90 Å². The Kier molecular flexibility index (Phi) is 1.44. The molecule has 2 heteroatoms. The van der Waals surface area contributed by atoms with Crippen LogP contribution in [0.2, 0.25) is 0 Å². The van der Waals surface area contributed by atoms with Gasteiger partial charge in [-0.15, -0.1) is 6.42 Å². The lowest BCUT2D eigenvalue weighted by Crippen LogP contribution is -2.28. The van der Waals surface area contributed by atoms with Gasteiger partial charge in [0, 0.05) is 13.6 Å². The van der Waals surface area contributed by atoms with Crippen LogP contribution in [0.4, 0.5) is 0 Å². The van der Waals surface area contributed by atoms with Gasteiger partial charge in [0.15, 0.2) is 0 Å². The van der Waals surface area contributed by atoms with Crippen LogP contribution in [0.5, 0.6) is 0 Å². The molecule has 1 amide bonds. The lowest BCUT2D eigenvalue weighted by atomic mass is 9.90. The molecule has 0 aliphatic carbocycles. The van der Waals surface area contributed by atoms with Crippen LogP contribution in [0.15, 0.2) is 0 Å². The number of hydrogen-bond donors (Lipinski definition) is 0. The number of amides is 1. The number of carbonyl (C=O) groups is 1. The number of hydrogen-bond acceptors (Lipinski definition) is 1. The lowest BCUT2D eigenvalue weighted by molar-refractivity contribution is -0.131. The summed E-state index contributed by atoms with van der Waals surface area (Å²) < 4.78 is 0. The largest absolute Gasteiger partial charge is 0.344 e. The van der Waals surface area contributed by atoms with E-state index >= 15 is 0 Å². The molecule has 0 spiro atoms. The number of likely N-dealkylation sites (tertiary alicyclic amines) is 1. The third kappa shape index (κ3) is 0.786. The van der Waals surface area contributed by atoms with Gasteiger partial charge in [0.1, 0.15) is 5.41 Å². The van der Waals surface area contributed by atoms with E-state index in [9.17, 15) is 4.79 Å². The van der Waals surface area contributed by atoms with Crippen LogP contribution in [0.1, 0.15) is 13.3 Å². The zero-order valence-electron chi connectivity index (χ0n) is 6.35. The summed E-state index contributed by atoms with van der Waals surface area (Å²) in [5, 5.41) is 0. The maximum atomic E-state index is 11.2. The fraction of sp³-hybridized carbons (Fsp3) is 0.625. The van der Waals surface area contributed by atoms with Crippen LogP contribution in [-0.4, -0.2) is 24.4 Å². The van der Waals surface area contributed by atoms with E-state index in [1.807, 2.05) is 6.92 Å². The summed E-state index contributed by atoms with van der Waals surface area (Å²) in [7, 11) is 1.78. The predicted molar refractivity (Wildman–Crippen MR) is 39.2 cm³/mol. The minimum Gasteiger partial charge on any atom is -0.344 e. The van der Waals surface area contributed by atoms with Gasteiger partial charge in [-0.2, -0.15) is 0 Å². The van der Waals surface area contributed by atoms with Crippen molar-refractivity contribution in [3.05, 3.63) is 0 Å². The van der Waals surface area contributed by atoms with Crippen LogP contribution in [0.25, 0.3) is 0 Å². The molecule has 0 aromatic carbocycles. The van der Waals surface area contributed by atoms with E-state index in [0.717, 1.165) is 13.0 Å². The molecule has 1 atom stereocenters. The smallest absolute Gasteiger partial charge is 0.240 e. The zero-order valence-corrected chi connectivity index (χ0v) is 6.35. The van der Waals surface area contributed by atoms with Gasteiger partial charge >= 0.3 is 0 Å². The van der Waals surface area contributed by atoms with Gasteiger partial charge in [0.05, 0.1) is 0 Å². The average Bonchev–Trinajstić information content (AvgIpc) is 2.19. The summed E-state index contributed by atoms with van der Waals surface area (Å²) in [5.74, 6) is 2.61. The summed E-state index contributed by atoms with van der Waals surface area (Å²) >= 11 is 0. The Balaban J connectivity index is 2.86. The molecule has 10 heavy (non-hydrogen) atoms. The number of terminal acetylenes is 1. The lowest BCUT2D eigenvalue weighted by Gasteiger charge is -2.13. The Morgan fingerprint density at radius 2 is 2.40 bits per heavy atom.